The Hall–Kier alpha value is -3.59. The van der Waals surface area contributed by atoms with Crippen molar-refractivity contribution in [1.82, 2.24) is 20.8 Å². The van der Waals surface area contributed by atoms with Crippen molar-refractivity contribution in [2.45, 2.75) is 26.8 Å². The molecule has 34 heavy (non-hydrogen) atoms. The van der Waals surface area contributed by atoms with E-state index in [-0.39, 0.29) is 22.9 Å². The molecule has 0 unspecified atom stereocenters. The summed E-state index contributed by atoms with van der Waals surface area (Å²) in [5.74, 6) is 1.08. The number of aromatic amines is 1. The van der Waals surface area contributed by atoms with Crippen LogP contribution in [0.1, 0.15) is 36.2 Å². The minimum atomic E-state index is -0.383. The third-order valence-electron chi connectivity index (χ3n) is 5.56. The number of anilines is 3. The van der Waals surface area contributed by atoms with Gasteiger partial charge in [0.2, 0.25) is 0 Å². The molecule has 0 saturated heterocycles. The zero-order valence-electron chi connectivity index (χ0n) is 19.5. The topological polar surface area (TPSA) is 103 Å². The molecule has 0 atom stereocenters. The zero-order valence-corrected chi connectivity index (χ0v) is 19.5. The van der Waals surface area contributed by atoms with E-state index in [0.717, 1.165) is 30.8 Å². The molecule has 0 radical (unpaired) electrons. The third kappa shape index (κ3) is 6.48. The number of amides is 1. The lowest BCUT2D eigenvalue weighted by atomic mass is 9.93. The van der Waals surface area contributed by atoms with Crippen molar-refractivity contribution < 1.29 is 13.9 Å². The van der Waals surface area contributed by atoms with E-state index in [9.17, 15) is 9.18 Å². The van der Waals surface area contributed by atoms with Gasteiger partial charge in [-0.05, 0) is 60.3 Å². The van der Waals surface area contributed by atoms with E-state index in [1.54, 1.807) is 18.2 Å². The van der Waals surface area contributed by atoms with Crippen molar-refractivity contribution in [1.29, 1.82) is 0 Å². The van der Waals surface area contributed by atoms with Gasteiger partial charge >= 0.3 is 0 Å². The predicted molar refractivity (Wildman–Crippen MR) is 131 cm³/mol. The largest absolute Gasteiger partial charge is 0.490 e. The summed E-state index contributed by atoms with van der Waals surface area (Å²) >= 11 is 0. The quantitative estimate of drug-likeness (QED) is 0.343. The van der Waals surface area contributed by atoms with Crippen molar-refractivity contribution in [2.24, 2.45) is 5.41 Å². The molecule has 5 N–H and O–H groups in total. The molecule has 0 saturated carbocycles. The van der Waals surface area contributed by atoms with E-state index in [0.29, 0.717) is 36.9 Å². The van der Waals surface area contributed by atoms with Gasteiger partial charge in [0.1, 0.15) is 11.6 Å². The van der Waals surface area contributed by atoms with Gasteiger partial charge in [0, 0.05) is 37.0 Å². The third-order valence-corrected chi connectivity index (χ3v) is 5.56. The number of carbonyl (C=O) groups is 1. The van der Waals surface area contributed by atoms with Crippen LogP contribution in [-0.4, -0.2) is 42.3 Å². The second-order valence-corrected chi connectivity index (χ2v) is 9.21. The first-order chi connectivity index (χ1) is 16.4. The van der Waals surface area contributed by atoms with E-state index in [1.807, 2.05) is 24.3 Å². The lowest BCUT2D eigenvalue weighted by Crippen LogP contribution is -2.40. The Morgan fingerprint density at radius 2 is 1.85 bits per heavy atom. The van der Waals surface area contributed by atoms with Crippen LogP contribution < -0.4 is 26.0 Å². The number of ether oxygens (including phenoxy) is 1. The summed E-state index contributed by atoms with van der Waals surface area (Å²) in [5.41, 5.74) is 2.09. The van der Waals surface area contributed by atoms with Gasteiger partial charge in [-0.25, -0.2) is 4.39 Å². The summed E-state index contributed by atoms with van der Waals surface area (Å²) in [5, 5.41) is 20.0. The highest BCUT2D eigenvalue weighted by Gasteiger charge is 2.19. The molecular weight excluding hydrogens is 435 g/mol. The van der Waals surface area contributed by atoms with E-state index >= 15 is 0 Å². The number of carbonyl (C=O) groups excluding carboxylic acids is 1. The van der Waals surface area contributed by atoms with Crippen LogP contribution in [-0.2, 0) is 6.54 Å². The Morgan fingerprint density at radius 1 is 1.03 bits per heavy atom. The lowest BCUT2D eigenvalue weighted by Gasteiger charge is -2.25. The van der Waals surface area contributed by atoms with Crippen molar-refractivity contribution in [3.63, 3.8) is 0 Å². The number of H-pyrrole nitrogens is 1. The maximum Gasteiger partial charge on any atom is 0.251 e. The first-order valence-corrected chi connectivity index (χ1v) is 11.4. The van der Waals surface area contributed by atoms with Crippen molar-refractivity contribution in [3.8, 4) is 5.75 Å². The summed E-state index contributed by atoms with van der Waals surface area (Å²) in [4.78, 5) is 12.6. The van der Waals surface area contributed by atoms with Gasteiger partial charge in [-0.2, -0.15) is 5.10 Å². The molecule has 9 heteroatoms. The highest BCUT2D eigenvalue weighted by molar-refractivity contribution is 5.94. The Kier molecular flexibility index (Phi) is 7.32. The second-order valence-electron chi connectivity index (χ2n) is 9.21. The fourth-order valence-electron chi connectivity index (χ4n) is 3.59. The summed E-state index contributed by atoms with van der Waals surface area (Å²) in [6.45, 7) is 7.04. The molecule has 6 bridgehead atoms. The molecule has 7 rings (SSSR count). The number of benzene rings is 2. The molecular formula is C25H31FN6O2. The van der Waals surface area contributed by atoms with Gasteiger partial charge in [0.25, 0.3) is 5.91 Å². The van der Waals surface area contributed by atoms with Crippen molar-refractivity contribution >= 4 is 23.2 Å². The minimum absolute atomic E-state index is 0.108. The van der Waals surface area contributed by atoms with Crippen LogP contribution in [0.2, 0.25) is 0 Å². The number of hydrogen-bond donors (Lipinski definition) is 5. The molecule has 4 aliphatic heterocycles. The van der Waals surface area contributed by atoms with Crippen LogP contribution in [0.5, 0.6) is 5.75 Å². The summed E-state index contributed by atoms with van der Waals surface area (Å²) in [6.07, 6.45) is 0.743. The smallest absolute Gasteiger partial charge is 0.251 e. The molecule has 5 heterocycles. The molecule has 1 aromatic heterocycles. The van der Waals surface area contributed by atoms with Crippen LogP contribution in [0.3, 0.4) is 0 Å². The van der Waals surface area contributed by atoms with Crippen LogP contribution in [0, 0.1) is 11.2 Å². The Balaban J connectivity index is 1.48. The van der Waals surface area contributed by atoms with Gasteiger partial charge in [0.05, 0.1) is 6.61 Å². The second kappa shape index (κ2) is 10.6. The highest BCUT2D eigenvalue weighted by Crippen LogP contribution is 2.21. The van der Waals surface area contributed by atoms with Crippen LogP contribution in [0.25, 0.3) is 0 Å². The molecule has 1 amide bonds. The normalized spacial score (nSPS) is 17.1. The van der Waals surface area contributed by atoms with Gasteiger partial charge in [-0.15, -0.1) is 0 Å². The van der Waals surface area contributed by atoms with Crippen LogP contribution in [0.15, 0.2) is 48.5 Å². The fourth-order valence-corrected chi connectivity index (χ4v) is 3.59. The Morgan fingerprint density at radius 3 is 2.65 bits per heavy atom. The number of hydrogen-bond acceptors (Lipinski definition) is 6. The molecule has 180 valence electrons. The van der Waals surface area contributed by atoms with Crippen molar-refractivity contribution in [3.05, 3.63) is 65.5 Å². The minimum Gasteiger partial charge on any atom is -0.490 e. The van der Waals surface area contributed by atoms with E-state index < -0.39 is 0 Å². The molecule has 0 fully saturated rings. The van der Waals surface area contributed by atoms with Gasteiger partial charge in [-0.3, -0.25) is 9.89 Å². The van der Waals surface area contributed by atoms with Crippen LogP contribution >= 0.6 is 0 Å². The predicted octanol–water partition coefficient (Wildman–Crippen LogP) is 4.03. The van der Waals surface area contributed by atoms with E-state index in [2.05, 4.69) is 45.3 Å². The van der Waals surface area contributed by atoms with Gasteiger partial charge in [0.15, 0.2) is 11.6 Å². The summed E-state index contributed by atoms with van der Waals surface area (Å²) in [7, 11) is 0. The average molecular weight is 467 g/mol. The number of nitrogens with one attached hydrogen (secondary N) is 5. The monoisotopic (exact) mass is 466 g/mol. The standard InChI is InChI=1S/C25H31FN6O2/c1-25(2)15-27-10-3-11-34-21-9-4-17(12-20(21)26)14-28-22-13-23(32-31-22)30-19-7-5-18(6-8-19)24(33)29-16-25/h4-9,12-13,27H,3,10-11,14-16H2,1-2H3,(H,29,33)(H3,28,30,31,32). The lowest BCUT2D eigenvalue weighted by molar-refractivity contribution is 0.0936. The first kappa shape index (κ1) is 23.6. The molecule has 0 aliphatic carbocycles. The SMILES string of the molecule is CC1(C)CNCCCOc2ccc(cc2F)CNc2cc([nH]n2)Nc2ccc(cc2)C(=O)NC1. The molecule has 3 aromatic rings. The molecule has 0 spiro atoms. The van der Waals surface area contributed by atoms with Crippen LogP contribution in [0.4, 0.5) is 21.7 Å². The maximum absolute atomic E-state index is 14.4. The zero-order chi connectivity index (χ0) is 24.0. The van der Waals surface area contributed by atoms with E-state index in [1.165, 1.54) is 6.07 Å². The fraction of sp³-hybridized carbons (Fsp3) is 0.360. The maximum atomic E-state index is 14.4. The van der Waals surface area contributed by atoms with Gasteiger partial charge in [-0.1, -0.05) is 19.9 Å². The van der Waals surface area contributed by atoms with Crippen molar-refractivity contribution in [2.75, 3.05) is 36.9 Å². The number of aromatic nitrogens is 2. The highest BCUT2D eigenvalue weighted by atomic mass is 19.1. The molecule has 8 nitrogen and oxygen atoms in total. The van der Waals surface area contributed by atoms with E-state index in [4.69, 9.17) is 4.74 Å². The number of nitrogens with zero attached hydrogens (tertiary/aromatic N) is 1. The Labute approximate surface area is 198 Å². The summed E-state index contributed by atoms with van der Waals surface area (Å²) < 4.78 is 20.0. The molecule has 4 aliphatic rings. The Bertz CT molecular complexity index is 1110. The summed E-state index contributed by atoms with van der Waals surface area (Å²) in [6, 6.07) is 14.1. The average Bonchev–Trinajstić information content (AvgIpc) is 3.26. The number of rotatable bonds is 0. The molecule has 2 aromatic carbocycles. The number of halogens is 1. The first-order valence-electron chi connectivity index (χ1n) is 11.4. The van der Waals surface area contributed by atoms with Gasteiger partial charge < -0.3 is 26.0 Å².